The number of likely N-dealkylation sites (tertiary alicyclic amines) is 1. The maximum atomic E-state index is 12.9. The van der Waals surface area contributed by atoms with Gasteiger partial charge in [-0.25, -0.2) is 4.68 Å². The van der Waals surface area contributed by atoms with E-state index in [9.17, 15) is 19.8 Å². The average Bonchev–Trinajstić information content (AvgIpc) is 2.76. The first-order chi connectivity index (χ1) is 14.1. The zero-order valence-corrected chi connectivity index (χ0v) is 15.9. The number of piperidine rings is 1. The first-order valence-electron chi connectivity index (χ1n) is 9.70. The molecule has 3 aromatic rings. The van der Waals surface area contributed by atoms with Gasteiger partial charge in [-0.15, -0.1) is 0 Å². The molecule has 0 radical (unpaired) electrons. The van der Waals surface area contributed by atoms with Crippen molar-refractivity contribution in [2.75, 3.05) is 19.7 Å². The summed E-state index contributed by atoms with van der Waals surface area (Å²) in [6.45, 7) is 0.294. The van der Waals surface area contributed by atoms with Crippen molar-refractivity contribution in [1.29, 1.82) is 0 Å². The summed E-state index contributed by atoms with van der Waals surface area (Å²) in [4.78, 5) is 27.3. The molecule has 0 unspecified atom stereocenters. The van der Waals surface area contributed by atoms with Crippen molar-refractivity contribution in [3.8, 4) is 11.3 Å². The SMILES string of the molecule is O=C(Cn1nc(-c2ccccc2)c2ccccc2c1=O)N1CC[C@H](CO)[C@@H](O)C1. The number of benzene rings is 2. The van der Waals surface area contributed by atoms with Crippen LogP contribution in [0, 0.1) is 5.92 Å². The molecule has 1 aromatic heterocycles. The van der Waals surface area contributed by atoms with Gasteiger partial charge in [0, 0.05) is 36.6 Å². The van der Waals surface area contributed by atoms with Crippen molar-refractivity contribution < 1.29 is 15.0 Å². The van der Waals surface area contributed by atoms with E-state index >= 15 is 0 Å². The van der Waals surface area contributed by atoms with Crippen LogP contribution < -0.4 is 5.56 Å². The number of carbonyl (C=O) groups is 1. The fourth-order valence-electron chi connectivity index (χ4n) is 3.80. The Labute approximate surface area is 167 Å². The Morgan fingerprint density at radius 3 is 2.45 bits per heavy atom. The van der Waals surface area contributed by atoms with Gasteiger partial charge in [0.2, 0.25) is 5.91 Å². The third-order valence-corrected chi connectivity index (χ3v) is 5.51. The molecular weight excluding hydrogens is 370 g/mol. The van der Waals surface area contributed by atoms with Crippen LogP contribution >= 0.6 is 0 Å². The third-order valence-electron chi connectivity index (χ3n) is 5.51. The highest BCUT2D eigenvalue weighted by atomic mass is 16.3. The molecule has 2 atom stereocenters. The van der Waals surface area contributed by atoms with Crippen LogP contribution in [-0.4, -0.2) is 56.6 Å². The van der Waals surface area contributed by atoms with Crippen molar-refractivity contribution in [1.82, 2.24) is 14.7 Å². The normalized spacial score (nSPS) is 19.4. The van der Waals surface area contributed by atoms with E-state index in [0.29, 0.717) is 24.0 Å². The van der Waals surface area contributed by atoms with Crippen LogP contribution in [0.5, 0.6) is 0 Å². The monoisotopic (exact) mass is 393 g/mol. The lowest BCUT2D eigenvalue weighted by Gasteiger charge is -2.35. The summed E-state index contributed by atoms with van der Waals surface area (Å²) in [7, 11) is 0. The Hall–Kier alpha value is -3.03. The fourth-order valence-corrected chi connectivity index (χ4v) is 3.80. The fraction of sp³-hybridized carbons (Fsp3) is 0.318. The second kappa shape index (κ2) is 8.14. The number of rotatable bonds is 4. The number of aromatic nitrogens is 2. The molecule has 0 bridgehead atoms. The highest BCUT2D eigenvalue weighted by Crippen LogP contribution is 2.24. The van der Waals surface area contributed by atoms with Crippen molar-refractivity contribution in [3.63, 3.8) is 0 Å². The first kappa shape index (κ1) is 19.3. The Bertz CT molecular complexity index is 1080. The number of hydrogen-bond acceptors (Lipinski definition) is 5. The zero-order chi connectivity index (χ0) is 20.4. The van der Waals surface area contributed by atoms with Crippen LogP contribution in [-0.2, 0) is 11.3 Å². The molecule has 150 valence electrons. The molecular formula is C22H23N3O4. The van der Waals surface area contributed by atoms with E-state index in [2.05, 4.69) is 5.10 Å². The van der Waals surface area contributed by atoms with Gasteiger partial charge in [-0.1, -0.05) is 48.5 Å². The van der Waals surface area contributed by atoms with Gasteiger partial charge >= 0.3 is 0 Å². The van der Waals surface area contributed by atoms with Gasteiger partial charge in [-0.3, -0.25) is 9.59 Å². The molecule has 1 fully saturated rings. The lowest BCUT2D eigenvalue weighted by molar-refractivity contribution is -0.137. The Morgan fingerprint density at radius 1 is 1.07 bits per heavy atom. The highest BCUT2D eigenvalue weighted by Gasteiger charge is 2.30. The Kier molecular flexibility index (Phi) is 5.42. The van der Waals surface area contributed by atoms with E-state index < -0.39 is 6.10 Å². The Morgan fingerprint density at radius 2 is 1.76 bits per heavy atom. The molecule has 1 saturated heterocycles. The number of fused-ring (bicyclic) bond motifs is 1. The van der Waals surface area contributed by atoms with Crippen LogP contribution in [0.2, 0.25) is 0 Å². The van der Waals surface area contributed by atoms with Gasteiger partial charge < -0.3 is 15.1 Å². The lowest BCUT2D eigenvalue weighted by atomic mass is 9.95. The number of aliphatic hydroxyl groups is 2. The number of carbonyl (C=O) groups excluding carboxylic acids is 1. The molecule has 2 heterocycles. The number of nitrogens with zero attached hydrogens (tertiary/aromatic N) is 3. The summed E-state index contributed by atoms with van der Waals surface area (Å²) in [6, 6.07) is 16.8. The number of β-amino-alcohol motifs (C(OH)–C–C–N with tert-alkyl or cyclic N) is 1. The van der Waals surface area contributed by atoms with E-state index in [4.69, 9.17) is 0 Å². The molecule has 2 N–H and O–H groups in total. The molecule has 0 aliphatic carbocycles. The molecule has 29 heavy (non-hydrogen) atoms. The molecule has 0 saturated carbocycles. The molecule has 2 aromatic carbocycles. The molecule has 1 aliphatic heterocycles. The van der Waals surface area contributed by atoms with E-state index in [1.165, 1.54) is 9.58 Å². The van der Waals surface area contributed by atoms with Gasteiger partial charge in [0.1, 0.15) is 6.54 Å². The van der Waals surface area contributed by atoms with Crippen LogP contribution in [0.25, 0.3) is 22.0 Å². The smallest absolute Gasteiger partial charge is 0.275 e. The summed E-state index contributed by atoms with van der Waals surface area (Å²) >= 11 is 0. The van der Waals surface area contributed by atoms with Crippen molar-refractivity contribution in [2.24, 2.45) is 5.92 Å². The number of hydrogen-bond donors (Lipinski definition) is 2. The zero-order valence-electron chi connectivity index (χ0n) is 15.9. The van der Waals surface area contributed by atoms with Gasteiger partial charge in [-0.05, 0) is 12.5 Å². The van der Waals surface area contributed by atoms with E-state index in [0.717, 1.165) is 10.9 Å². The van der Waals surface area contributed by atoms with Crippen LogP contribution in [0.15, 0.2) is 59.4 Å². The number of amides is 1. The van der Waals surface area contributed by atoms with Crippen LogP contribution in [0.4, 0.5) is 0 Å². The lowest BCUT2D eigenvalue weighted by Crippen LogP contribution is -2.49. The second-order valence-electron chi connectivity index (χ2n) is 7.36. The largest absolute Gasteiger partial charge is 0.396 e. The summed E-state index contributed by atoms with van der Waals surface area (Å²) < 4.78 is 1.21. The van der Waals surface area contributed by atoms with E-state index in [1.54, 1.807) is 12.1 Å². The average molecular weight is 393 g/mol. The molecule has 7 nitrogen and oxygen atoms in total. The summed E-state index contributed by atoms with van der Waals surface area (Å²) in [5, 5.41) is 25.1. The Balaban J connectivity index is 1.68. The van der Waals surface area contributed by atoms with Crippen molar-refractivity contribution >= 4 is 16.7 Å². The molecule has 4 rings (SSSR count). The van der Waals surface area contributed by atoms with Crippen molar-refractivity contribution in [3.05, 3.63) is 65.0 Å². The molecule has 1 amide bonds. The minimum absolute atomic E-state index is 0.102. The number of aliphatic hydroxyl groups excluding tert-OH is 2. The predicted molar refractivity (Wildman–Crippen MR) is 109 cm³/mol. The van der Waals surface area contributed by atoms with E-state index in [-0.39, 0.29) is 37.1 Å². The summed E-state index contributed by atoms with van der Waals surface area (Å²) in [5.41, 5.74) is 1.19. The third kappa shape index (κ3) is 3.79. The predicted octanol–water partition coefficient (Wildman–Crippen LogP) is 1.27. The molecule has 7 heteroatoms. The minimum Gasteiger partial charge on any atom is -0.396 e. The molecule has 0 spiro atoms. The maximum absolute atomic E-state index is 12.9. The van der Waals surface area contributed by atoms with Gasteiger partial charge in [0.05, 0.1) is 17.2 Å². The van der Waals surface area contributed by atoms with Gasteiger partial charge in [-0.2, -0.15) is 5.10 Å². The van der Waals surface area contributed by atoms with Gasteiger partial charge in [0.15, 0.2) is 0 Å². The standard InChI is InChI=1S/C22H23N3O4/c26-14-16-10-11-24(12-19(16)27)20(28)13-25-22(29)18-9-5-4-8-17(18)21(23-25)15-6-2-1-3-7-15/h1-9,16,19,26-27H,10-14H2/t16-,19+/m1/s1. The summed E-state index contributed by atoms with van der Waals surface area (Å²) in [5.74, 6) is -0.491. The minimum atomic E-state index is -0.765. The quantitative estimate of drug-likeness (QED) is 0.696. The van der Waals surface area contributed by atoms with Crippen LogP contribution in [0.3, 0.4) is 0 Å². The highest BCUT2D eigenvalue weighted by molar-refractivity contribution is 5.93. The maximum Gasteiger partial charge on any atom is 0.275 e. The topological polar surface area (TPSA) is 95.7 Å². The van der Waals surface area contributed by atoms with Crippen LogP contribution in [0.1, 0.15) is 6.42 Å². The summed E-state index contributed by atoms with van der Waals surface area (Å²) in [6.07, 6.45) is -0.238. The second-order valence-corrected chi connectivity index (χ2v) is 7.36. The van der Waals surface area contributed by atoms with E-state index in [1.807, 2.05) is 42.5 Å². The first-order valence-corrected chi connectivity index (χ1v) is 9.70. The molecule has 1 aliphatic rings. The van der Waals surface area contributed by atoms with Crippen molar-refractivity contribution in [2.45, 2.75) is 19.1 Å². The van der Waals surface area contributed by atoms with Gasteiger partial charge in [0.25, 0.3) is 5.56 Å².